The Kier molecular flexibility index (Phi) is 3.27. The Labute approximate surface area is 121 Å². The molecule has 0 radical (unpaired) electrons. The lowest BCUT2D eigenvalue weighted by Gasteiger charge is -2.09. The van der Waals surface area contributed by atoms with Crippen LogP contribution >= 0.6 is 0 Å². The number of H-pyrrole nitrogens is 1. The standard InChI is InChI=1S/C15H15N5O/c1-10-9-14(21)18-15(16-10)20-13(8-11(2)19-20)17-12-6-4-3-5-7-12/h3-9,17H,1-2H3,(H,16,18,21). The number of aromatic amines is 1. The molecule has 3 aromatic rings. The van der Waals surface area contributed by atoms with E-state index in [1.54, 1.807) is 11.6 Å². The van der Waals surface area contributed by atoms with Gasteiger partial charge in [0.2, 0.25) is 5.95 Å². The first-order valence-corrected chi connectivity index (χ1v) is 6.59. The van der Waals surface area contributed by atoms with Crippen molar-refractivity contribution in [3.05, 3.63) is 64.2 Å². The van der Waals surface area contributed by atoms with Crippen LogP contribution in [-0.4, -0.2) is 19.7 Å². The quantitative estimate of drug-likeness (QED) is 0.772. The van der Waals surface area contributed by atoms with E-state index in [9.17, 15) is 4.79 Å². The van der Waals surface area contributed by atoms with Crippen molar-refractivity contribution in [2.75, 3.05) is 5.32 Å². The second-order valence-electron chi connectivity index (χ2n) is 4.78. The maximum absolute atomic E-state index is 11.6. The van der Waals surface area contributed by atoms with Crippen molar-refractivity contribution in [3.63, 3.8) is 0 Å². The van der Waals surface area contributed by atoms with Crippen molar-refractivity contribution in [3.8, 4) is 5.95 Å². The topological polar surface area (TPSA) is 75.6 Å². The molecule has 0 unspecified atom stereocenters. The van der Waals surface area contributed by atoms with Crippen LogP contribution in [0.3, 0.4) is 0 Å². The number of nitrogens with one attached hydrogen (secondary N) is 2. The molecule has 0 fully saturated rings. The molecule has 6 heteroatoms. The van der Waals surface area contributed by atoms with Gasteiger partial charge >= 0.3 is 0 Å². The Hall–Kier alpha value is -2.89. The Morgan fingerprint density at radius 2 is 1.86 bits per heavy atom. The molecule has 106 valence electrons. The summed E-state index contributed by atoms with van der Waals surface area (Å²) in [5.74, 6) is 1.14. The number of aromatic nitrogens is 4. The number of hydrogen-bond donors (Lipinski definition) is 2. The fourth-order valence-corrected chi connectivity index (χ4v) is 2.08. The van der Waals surface area contributed by atoms with E-state index in [2.05, 4.69) is 20.4 Å². The summed E-state index contributed by atoms with van der Waals surface area (Å²) in [6.07, 6.45) is 0. The summed E-state index contributed by atoms with van der Waals surface area (Å²) in [5, 5.41) is 7.65. The van der Waals surface area contributed by atoms with E-state index >= 15 is 0 Å². The van der Waals surface area contributed by atoms with Gasteiger partial charge in [0.25, 0.3) is 5.56 Å². The van der Waals surface area contributed by atoms with Crippen LogP contribution in [0, 0.1) is 13.8 Å². The predicted octanol–water partition coefficient (Wildman–Crippen LogP) is 2.32. The van der Waals surface area contributed by atoms with E-state index < -0.39 is 0 Å². The zero-order chi connectivity index (χ0) is 14.8. The van der Waals surface area contributed by atoms with Crippen molar-refractivity contribution in [1.29, 1.82) is 0 Å². The molecule has 1 aromatic carbocycles. The average Bonchev–Trinajstić information content (AvgIpc) is 2.80. The van der Waals surface area contributed by atoms with Gasteiger partial charge in [0, 0.05) is 23.5 Å². The van der Waals surface area contributed by atoms with Crippen LogP contribution < -0.4 is 10.9 Å². The largest absolute Gasteiger partial charge is 0.340 e. The van der Waals surface area contributed by atoms with E-state index in [1.807, 2.05) is 43.3 Å². The molecule has 0 amide bonds. The van der Waals surface area contributed by atoms with E-state index in [0.29, 0.717) is 11.6 Å². The number of nitrogens with zero attached hydrogens (tertiary/aromatic N) is 3. The highest BCUT2D eigenvalue weighted by Gasteiger charge is 2.10. The minimum absolute atomic E-state index is 0.198. The second kappa shape index (κ2) is 5.24. The lowest BCUT2D eigenvalue weighted by atomic mass is 10.3. The maximum Gasteiger partial charge on any atom is 0.252 e. The molecule has 0 aliphatic rings. The Bertz CT molecular complexity index is 820. The number of rotatable bonds is 3. The third-order valence-electron chi connectivity index (χ3n) is 2.94. The van der Waals surface area contributed by atoms with Gasteiger partial charge in [-0.25, -0.2) is 4.98 Å². The molecule has 0 saturated heterocycles. The first-order chi connectivity index (χ1) is 10.1. The zero-order valence-corrected chi connectivity index (χ0v) is 11.8. The molecular formula is C15H15N5O. The van der Waals surface area contributed by atoms with Crippen molar-refractivity contribution in [2.24, 2.45) is 0 Å². The Balaban J connectivity index is 2.05. The van der Waals surface area contributed by atoms with Crippen molar-refractivity contribution in [2.45, 2.75) is 13.8 Å². The van der Waals surface area contributed by atoms with Gasteiger partial charge in [-0.1, -0.05) is 18.2 Å². The minimum atomic E-state index is -0.198. The molecule has 0 aliphatic carbocycles. The lowest BCUT2D eigenvalue weighted by molar-refractivity contribution is 0.790. The summed E-state index contributed by atoms with van der Waals surface area (Å²) in [6, 6.07) is 13.1. The lowest BCUT2D eigenvalue weighted by Crippen LogP contribution is -2.15. The van der Waals surface area contributed by atoms with E-state index in [4.69, 9.17) is 0 Å². The van der Waals surface area contributed by atoms with E-state index in [-0.39, 0.29) is 5.56 Å². The molecule has 2 N–H and O–H groups in total. The summed E-state index contributed by atoms with van der Waals surface area (Å²) in [5.41, 5.74) is 2.22. The van der Waals surface area contributed by atoms with Crippen LogP contribution in [0.25, 0.3) is 5.95 Å². The predicted molar refractivity (Wildman–Crippen MR) is 81.2 cm³/mol. The molecule has 0 saturated carbocycles. The average molecular weight is 281 g/mol. The zero-order valence-electron chi connectivity index (χ0n) is 11.8. The molecule has 2 aromatic heterocycles. The molecule has 0 atom stereocenters. The summed E-state index contributed by atoms with van der Waals surface area (Å²) >= 11 is 0. The number of aryl methyl sites for hydroxylation is 2. The van der Waals surface area contributed by atoms with Crippen LogP contribution in [0.5, 0.6) is 0 Å². The normalized spacial score (nSPS) is 10.6. The van der Waals surface area contributed by atoms with Gasteiger partial charge in [-0.15, -0.1) is 0 Å². The van der Waals surface area contributed by atoms with Crippen LogP contribution in [-0.2, 0) is 0 Å². The highest BCUT2D eigenvalue weighted by atomic mass is 16.1. The van der Waals surface area contributed by atoms with Crippen molar-refractivity contribution in [1.82, 2.24) is 19.7 Å². The monoisotopic (exact) mass is 281 g/mol. The van der Waals surface area contributed by atoms with Crippen LogP contribution in [0.15, 0.2) is 47.3 Å². The molecule has 0 bridgehead atoms. The number of benzene rings is 1. The summed E-state index contributed by atoms with van der Waals surface area (Å²) < 4.78 is 1.59. The number of para-hydroxylation sites is 1. The highest BCUT2D eigenvalue weighted by Crippen LogP contribution is 2.19. The van der Waals surface area contributed by atoms with Gasteiger partial charge < -0.3 is 5.32 Å². The minimum Gasteiger partial charge on any atom is -0.340 e. The SMILES string of the molecule is Cc1cc(=O)[nH]c(-n2nc(C)cc2Nc2ccccc2)n1. The van der Waals surface area contributed by atoms with Crippen LogP contribution in [0.4, 0.5) is 11.5 Å². The van der Waals surface area contributed by atoms with Gasteiger partial charge in [-0.2, -0.15) is 9.78 Å². The molecule has 6 nitrogen and oxygen atoms in total. The van der Waals surface area contributed by atoms with Gasteiger partial charge in [0.1, 0.15) is 5.82 Å². The van der Waals surface area contributed by atoms with Crippen molar-refractivity contribution < 1.29 is 0 Å². The fraction of sp³-hybridized carbons (Fsp3) is 0.133. The number of anilines is 2. The van der Waals surface area contributed by atoms with Gasteiger partial charge in [-0.3, -0.25) is 9.78 Å². The third kappa shape index (κ3) is 2.84. The molecule has 3 rings (SSSR count). The second-order valence-corrected chi connectivity index (χ2v) is 4.78. The van der Waals surface area contributed by atoms with Gasteiger partial charge in [-0.05, 0) is 26.0 Å². The van der Waals surface area contributed by atoms with E-state index in [1.165, 1.54) is 6.07 Å². The Morgan fingerprint density at radius 3 is 2.57 bits per heavy atom. The summed E-state index contributed by atoms with van der Waals surface area (Å²) in [4.78, 5) is 18.6. The molecule has 2 heterocycles. The van der Waals surface area contributed by atoms with Gasteiger partial charge in [0.15, 0.2) is 0 Å². The summed E-state index contributed by atoms with van der Waals surface area (Å²) in [7, 11) is 0. The maximum atomic E-state index is 11.6. The third-order valence-corrected chi connectivity index (χ3v) is 2.94. The molecule has 0 spiro atoms. The number of hydrogen-bond acceptors (Lipinski definition) is 4. The first kappa shape index (κ1) is 13.1. The van der Waals surface area contributed by atoms with Gasteiger partial charge in [0.05, 0.1) is 5.69 Å². The molecular weight excluding hydrogens is 266 g/mol. The summed E-state index contributed by atoms with van der Waals surface area (Å²) in [6.45, 7) is 3.67. The van der Waals surface area contributed by atoms with Crippen molar-refractivity contribution >= 4 is 11.5 Å². The van der Waals surface area contributed by atoms with E-state index in [0.717, 1.165) is 17.2 Å². The fourth-order valence-electron chi connectivity index (χ4n) is 2.08. The smallest absolute Gasteiger partial charge is 0.252 e. The highest BCUT2D eigenvalue weighted by molar-refractivity contribution is 5.57. The molecule has 0 aliphatic heterocycles. The Morgan fingerprint density at radius 1 is 1.10 bits per heavy atom. The van der Waals surface area contributed by atoms with Crippen LogP contribution in [0.2, 0.25) is 0 Å². The van der Waals surface area contributed by atoms with Crippen LogP contribution in [0.1, 0.15) is 11.4 Å². The molecule has 21 heavy (non-hydrogen) atoms. The first-order valence-electron chi connectivity index (χ1n) is 6.59.